The summed E-state index contributed by atoms with van der Waals surface area (Å²) < 4.78 is 33.4. The molecule has 1 aromatic carbocycles. The van der Waals surface area contributed by atoms with Crippen LogP contribution in [0, 0.1) is 18.6 Å². The molecule has 0 unspecified atom stereocenters. The Morgan fingerprint density at radius 3 is 2.48 bits per heavy atom. The summed E-state index contributed by atoms with van der Waals surface area (Å²) >= 11 is 0. The molecule has 1 fully saturated rings. The summed E-state index contributed by atoms with van der Waals surface area (Å²) in [6.45, 7) is 1.76. The maximum Gasteiger partial charge on any atom is 0.247 e. The Bertz CT molecular complexity index is 756. The van der Waals surface area contributed by atoms with Gasteiger partial charge in [-0.15, -0.1) is 0 Å². The van der Waals surface area contributed by atoms with Crippen LogP contribution in [-0.2, 0) is 11.3 Å². The molecule has 0 saturated heterocycles. The van der Waals surface area contributed by atoms with E-state index in [4.69, 9.17) is 4.42 Å². The van der Waals surface area contributed by atoms with Gasteiger partial charge in [-0.25, -0.2) is 8.78 Å². The van der Waals surface area contributed by atoms with Crippen LogP contribution in [0.15, 0.2) is 40.8 Å². The molecule has 0 bridgehead atoms. The summed E-state index contributed by atoms with van der Waals surface area (Å²) in [5.41, 5.74) is -0.0648. The number of carbonyl (C=O) groups is 1. The molecule has 132 valence electrons. The van der Waals surface area contributed by atoms with E-state index in [1.54, 1.807) is 17.0 Å². The zero-order valence-corrected chi connectivity index (χ0v) is 14.2. The minimum Gasteiger partial charge on any atom is -0.462 e. The van der Waals surface area contributed by atoms with E-state index in [9.17, 15) is 13.6 Å². The highest BCUT2D eigenvalue weighted by Gasteiger charge is 2.27. The average molecular weight is 345 g/mol. The van der Waals surface area contributed by atoms with Gasteiger partial charge in [0.1, 0.15) is 23.2 Å². The van der Waals surface area contributed by atoms with Gasteiger partial charge in [0, 0.05) is 17.7 Å². The van der Waals surface area contributed by atoms with E-state index in [0.29, 0.717) is 5.76 Å². The van der Waals surface area contributed by atoms with Gasteiger partial charge in [0.05, 0.1) is 6.54 Å². The third-order valence-corrected chi connectivity index (χ3v) is 4.59. The van der Waals surface area contributed by atoms with Crippen LogP contribution >= 0.6 is 0 Å². The molecule has 5 heteroatoms. The van der Waals surface area contributed by atoms with Crippen LogP contribution in [-0.4, -0.2) is 16.8 Å². The molecular formula is C20H21F2NO2. The van der Waals surface area contributed by atoms with E-state index in [1.165, 1.54) is 24.3 Å². The van der Waals surface area contributed by atoms with Gasteiger partial charge in [-0.3, -0.25) is 4.79 Å². The Balaban J connectivity index is 1.81. The standard InChI is InChI=1S/C20H21F2NO2/c1-14-9-10-16(25-14)11-12-20(24)23(15-5-2-3-6-15)13-17-18(21)7-4-8-19(17)22/h4,7-12,15H,2-3,5-6,13H2,1H3. The molecular weight excluding hydrogens is 324 g/mol. The average Bonchev–Trinajstić information content (AvgIpc) is 3.24. The van der Waals surface area contributed by atoms with Crippen LogP contribution in [0.25, 0.3) is 6.08 Å². The first-order chi connectivity index (χ1) is 12.0. The normalized spacial score (nSPS) is 15.2. The Morgan fingerprint density at radius 2 is 1.88 bits per heavy atom. The van der Waals surface area contributed by atoms with Gasteiger partial charge >= 0.3 is 0 Å². The van der Waals surface area contributed by atoms with Gasteiger partial charge in [-0.1, -0.05) is 18.9 Å². The van der Waals surface area contributed by atoms with Crippen molar-refractivity contribution in [3.05, 3.63) is 65.1 Å². The number of nitrogens with zero attached hydrogens (tertiary/aromatic N) is 1. The molecule has 1 aromatic heterocycles. The molecule has 0 spiro atoms. The van der Waals surface area contributed by atoms with Gasteiger partial charge in [0.25, 0.3) is 0 Å². The predicted octanol–water partition coefficient (Wildman–Crippen LogP) is 4.85. The summed E-state index contributed by atoms with van der Waals surface area (Å²) in [6, 6.07) is 7.36. The van der Waals surface area contributed by atoms with Crippen molar-refractivity contribution in [3.63, 3.8) is 0 Å². The van der Waals surface area contributed by atoms with Crippen LogP contribution < -0.4 is 0 Å². The molecule has 1 aliphatic carbocycles. The third-order valence-electron chi connectivity index (χ3n) is 4.59. The highest BCUT2D eigenvalue weighted by atomic mass is 19.1. The van der Waals surface area contributed by atoms with E-state index < -0.39 is 11.6 Å². The largest absolute Gasteiger partial charge is 0.462 e. The Hall–Kier alpha value is -2.43. The maximum atomic E-state index is 14.0. The van der Waals surface area contributed by atoms with Gasteiger partial charge < -0.3 is 9.32 Å². The first kappa shape index (κ1) is 17.4. The first-order valence-electron chi connectivity index (χ1n) is 8.52. The number of amides is 1. The second-order valence-electron chi connectivity index (χ2n) is 6.39. The van der Waals surface area contributed by atoms with E-state index >= 15 is 0 Å². The fourth-order valence-electron chi connectivity index (χ4n) is 3.25. The molecule has 0 aliphatic heterocycles. The monoisotopic (exact) mass is 345 g/mol. The number of hydrogen-bond donors (Lipinski definition) is 0. The quantitative estimate of drug-likeness (QED) is 0.726. The van der Waals surface area contributed by atoms with Crippen molar-refractivity contribution in [2.75, 3.05) is 0 Å². The van der Waals surface area contributed by atoms with Crippen molar-refractivity contribution in [2.45, 2.75) is 45.2 Å². The summed E-state index contributed by atoms with van der Waals surface area (Å²) in [5, 5.41) is 0. The molecule has 1 saturated carbocycles. The lowest BCUT2D eigenvalue weighted by atomic mass is 10.1. The zero-order valence-electron chi connectivity index (χ0n) is 14.2. The number of carbonyl (C=O) groups excluding carboxylic acids is 1. The molecule has 1 amide bonds. The first-order valence-corrected chi connectivity index (χ1v) is 8.52. The van der Waals surface area contributed by atoms with Crippen molar-refractivity contribution in [1.29, 1.82) is 0 Å². The SMILES string of the molecule is Cc1ccc(C=CC(=O)N(Cc2c(F)cccc2F)C2CCCC2)o1. The van der Waals surface area contributed by atoms with Crippen LogP contribution in [0.1, 0.15) is 42.8 Å². The molecule has 3 rings (SSSR count). The van der Waals surface area contributed by atoms with Crippen molar-refractivity contribution in [1.82, 2.24) is 4.90 Å². The lowest BCUT2D eigenvalue weighted by Crippen LogP contribution is -2.37. The van der Waals surface area contributed by atoms with Crippen LogP contribution in [0.4, 0.5) is 8.78 Å². The predicted molar refractivity (Wildman–Crippen MR) is 91.6 cm³/mol. The number of furan rings is 1. The Morgan fingerprint density at radius 1 is 1.20 bits per heavy atom. The Labute approximate surface area is 145 Å². The van der Waals surface area contributed by atoms with Crippen molar-refractivity contribution in [2.24, 2.45) is 0 Å². The molecule has 1 aliphatic rings. The lowest BCUT2D eigenvalue weighted by molar-refractivity contribution is -0.128. The minimum atomic E-state index is -0.624. The van der Waals surface area contributed by atoms with Gasteiger partial charge in [-0.2, -0.15) is 0 Å². The van der Waals surface area contributed by atoms with Crippen molar-refractivity contribution >= 4 is 12.0 Å². The van der Waals surface area contributed by atoms with Crippen molar-refractivity contribution < 1.29 is 18.0 Å². The third kappa shape index (κ3) is 4.16. The fourth-order valence-corrected chi connectivity index (χ4v) is 3.25. The number of aryl methyl sites for hydroxylation is 1. The minimum absolute atomic E-state index is 0.00879. The number of halogens is 2. The number of rotatable bonds is 5. The summed E-state index contributed by atoms with van der Waals surface area (Å²) in [5.74, 6) is -0.172. The summed E-state index contributed by atoms with van der Waals surface area (Å²) in [6.07, 6.45) is 6.76. The molecule has 0 N–H and O–H groups in total. The molecule has 0 radical (unpaired) electrons. The zero-order chi connectivity index (χ0) is 17.8. The summed E-state index contributed by atoms with van der Waals surface area (Å²) in [7, 11) is 0. The van der Waals surface area contributed by atoms with Gasteiger partial charge in [0.15, 0.2) is 0 Å². The molecule has 1 heterocycles. The summed E-state index contributed by atoms with van der Waals surface area (Å²) in [4.78, 5) is 14.3. The molecule has 3 nitrogen and oxygen atoms in total. The number of benzene rings is 1. The second kappa shape index (κ2) is 7.64. The molecule has 2 aromatic rings. The van der Waals surface area contributed by atoms with Crippen molar-refractivity contribution in [3.8, 4) is 0 Å². The van der Waals surface area contributed by atoms with Crippen LogP contribution in [0.3, 0.4) is 0 Å². The van der Waals surface area contributed by atoms with E-state index in [1.807, 2.05) is 13.0 Å². The number of hydrogen-bond acceptors (Lipinski definition) is 2. The highest BCUT2D eigenvalue weighted by Crippen LogP contribution is 2.27. The molecule has 25 heavy (non-hydrogen) atoms. The highest BCUT2D eigenvalue weighted by molar-refractivity contribution is 5.91. The maximum absolute atomic E-state index is 14.0. The smallest absolute Gasteiger partial charge is 0.247 e. The van der Waals surface area contributed by atoms with Crippen LogP contribution in [0.2, 0.25) is 0 Å². The van der Waals surface area contributed by atoms with Gasteiger partial charge in [0.2, 0.25) is 5.91 Å². The lowest BCUT2D eigenvalue weighted by Gasteiger charge is -2.28. The van der Waals surface area contributed by atoms with E-state index in [-0.39, 0.29) is 24.1 Å². The topological polar surface area (TPSA) is 33.5 Å². The van der Waals surface area contributed by atoms with E-state index in [0.717, 1.165) is 31.4 Å². The Kier molecular flexibility index (Phi) is 5.31. The van der Waals surface area contributed by atoms with E-state index in [2.05, 4.69) is 0 Å². The van der Waals surface area contributed by atoms with Gasteiger partial charge in [-0.05, 0) is 50.1 Å². The molecule has 0 atom stereocenters. The van der Waals surface area contributed by atoms with Crippen LogP contribution in [0.5, 0.6) is 0 Å². The second-order valence-corrected chi connectivity index (χ2v) is 6.39. The fraction of sp³-hybridized carbons (Fsp3) is 0.350.